The third-order valence-electron chi connectivity index (χ3n) is 4.18. The highest BCUT2D eigenvalue weighted by atomic mass is 79.9. The molecular formula is C13H18BrN3. The molecule has 92 valence electrons. The maximum Gasteiger partial charge on any atom is 0.0592 e. The normalized spacial score (nSPS) is 32.6. The van der Waals surface area contributed by atoms with Crippen LogP contribution < -0.4 is 10.6 Å². The fraction of sp³-hybridized carbons (Fsp3) is 0.615. The lowest BCUT2D eigenvalue weighted by Gasteiger charge is -2.27. The van der Waals surface area contributed by atoms with Crippen molar-refractivity contribution in [2.45, 2.75) is 25.3 Å². The van der Waals surface area contributed by atoms with Gasteiger partial charge in [-0.1, -0.05) is 0 Å². The third-order valence-corrected chi connectivity index (χ3v) is 4.79. The molecule has 1 unspecified atom stereocenters. The zero-order valence-corrected chi connectivity index (χ0v) is 11.4. The van der Waals surface area contributed by atoms with Gasteiger partial charge in [-0.25, -0.2) is 0 Å². The largest absolute Gasteiger partial charge is 0.370 e. The molecule has 0 bridgehead atoms. The van der Waals surface area contributed by atoms with E-state index in [2.05, 4.69) is 31.9 Å². The maximum absolute atomic E-state index is 6.07. The number of nitrogens with two attached hydrogens (primary N) is 1. The summed E-state index contributed by atoms with van der Waals surface area (Å²) in [6.45, 7) is 2.33. The van der Waals surface area contributed by atoms with Gasteiger partial charge in [-0.3, -0.25) is 4.98 Å². The molecule has 1 aliphatic carbocycles. The van der Waals surface area contributed by atoms with E-state index in [-0.39, 0.29) is 0 Å². The first kappa shape index (κ1) is 11.5. The molecule has 1 saturated heterocycles. The highest BCUT2D eigenvalue weighted by Crippen LogP contribution is 2.39. The van der Waals surface area contributed by atoms with Crippen molar-refractivity contribution in [1.29, 1.82) is 0 Å². The van der Waals surface area contributed by atoms with Gasteiger partial charge in [0, 0.05) is 31.5 Å². The summed E-state index contributed by atoms with van der Waals surface area (Å²) in [6, 6.07) is 2.53. The highest BCUT2D eigenvalue weighted by Gasteiger charge is 2.37. The number of nitrogens with zero attached hydrogens (tertiary/aromatic N) is 2. The van der Waals surface area contributed by atoms with E-state index in [0.29, 0.717) is 6.04 Å². The molecule has 4 heteroatoms. The van der Waals surface area contributed by atoms with Gasteiger partial charge in [0.2, 0.25) is 0 Å². The van der Waals surface area contributed by atoms with Crippen LogP contribution in [0.25, 0.3) is 0 Å². The summed E-state index contributed by atoms with van der Waals surface area (Å²) in [7, 11) is 0. The quantitative estimate of drug-likeness (QED) is 0.865. The molecule has 2 heterocycles. The molecule has 0 aromatic carbocycles. The van der Waals surface area contributed by atoms with Crippen LogP contribution in [0, 0.1) is 11.8 Å². The van der Waals surface area contributed by atoms with E-state index in [9.17, 15) is 0 Å². The van der Waals surface area contributed by atoms with Crippen LogP contribution in [-0.4, -0.2) is 24.1 Å². The van der Waals surface area contributed by atoms with Crippen LogP contribution >= 0.6 is 15.9 Å². The first-order valence-corrected chi connectivity index (χ1v) is 7.13. The molecule has 2 fully saturated rings. The van der Waals surface area contributed by atoms with Gasteiger partial charge in [0.05, 0.1) is 10.2 Å². The van der Waals surface area contributed by atoms with Gasteiger partial charge < -0.3 is 10.6 Å². The first-order valence-electron chi connectivity index (χ1n) is 6.34. The Balaban J connectivity index is 1.78. The summed E-state index contributed by atoms with van der Waals surface area (Å²) in [5.74, 6) is 1.63. The molecule has 1 aromatic rings. The molecule has 0 spiro atoms. The monoisotopic (exact) mass is 295 g/mol. The van der Waals surface area contributed by atoms with Gasteiger partial charge >= 0.3 is 0 Å². The summed E-state index contributed by atoms with van der Waals surface area (Å²) >= 11 is 3.59. The van der Waals surface area contributed by atoms with Gasteiger partial charge in [-0.05, 0) is 53.1 Å². The number of aromatic nitrogens is 1. The number of hydrogen-bond donors (Lipinski definition) is 1. The Labute approximate surface area is 111 Å². The summed E-state index contributed by atoms with van der Waals surface area (Å²) < 4.78 is 1.10. The van der Waals surface area contributed by atoms with E-state index in [1.807, 2.05) is 12.4 Å². The van der Waals surface area contributed by atoms with Crippen molar-refractivity contribution in [3.63, 3.8) is 0 Å². The van der Waals surface area contributed by atoms with E-state index in [4.69, 9.17) is 5.73 Å². The second kappa shape index (κ2) is 4.58. The Morgan fingerprint density at radius 2 is 2.12 bits per heavy atom. The molecule has 3 nitrogen and oxygen atoms in total. The molecule has 0 radical (unpaired) electrons. The lowest BCUT2D eigenvalue weighted by molar-refractivity contribution is 0.271. The van der Waals surface area contributed by atoms with Crippen LogP contribution in [0.2, 0.25) is 0 Å². The number of halogens is 1. The average Bonchev–Trinajstić information content (AvgIpc) is 2.72. The average molecular weight is 296 g/mol. The predicted molar refractivity (Wildman–Crippen MR) is 73.0 cm³/mol. The number of pyridine rings is 1. The summed E-state index contributed by atoms with van der Waals surface area (Å²) in [5.41, 5.74) is 7.35. The second-order valence-electron chi connectivity index (χ2n) is 5.33. The van der Waals surface area contributed by atoms with Crippen molar-refractivity contribution in [2.75, 3.05) is 18.0 Å². The Bertz CT molecular complexity index is 409. The van der Waals surface area contributed by atoms with Gasteiger partial charge in [0.1, 0.15) is 0 Å². The van der Waals surface area contributed by atoms with Crippen LogP contribution in [0.3, 0.4) is 0 Å². The van der Waals surface area contributed by atoms with E-state index < -0.39 is 0 Å². The van der Waals surface area contributed by atoms with Crippen molar-refractivity contribution >= 4 is 21.6 Å². The van der Waals surface area contributed by atoms with Crippen molar-refractivity contribution in [3.8, 4) is 0 Å². The molecule has 17 heavy (non-hydrogen) atoms. The maximum atomic E-state index is 6.07. The van der Waals surface area contributed by atoms with E-state index in [1.165, 1.54) is 31.5 Å². The fourth-order valence-corrected chi connectivity index (χ4v) is 3.79. The molecule has 1 saturated carbocycles. The highest BCUT2D eigenvalue weighted by molar-refractivity contribution is 9.10. The Morgan fingerprint density at radius 3 is 2.94 bits per heavy atom. The minimum absolute atomic E-state index is 0.428. The minimum atomic E-state index is 0.428. The first-order chi connectivity index (χ1) is 8.24. The van der Waals surface area contributed by atoms with Crippen molar-refractivity contribution < 1.29 is 0 Å². The van der Waals surface area contributed by atoms with Gasteiger partial charge in [0.25, 0.3) is 0 Å². The summed E-state index contributed by atoms with van der Waals surface area (Å²) in [4.78, 5) is 6.61. The molecule has 0 amide bonds. The van der Waals surface area contributed by atoms with Crippen molar-refractivity contribution in [3.05, 3.63) is 22.9 Å². The molecule has 1 aliphatic heterocycles. The Morgan fingerprint density at radius 1 is 1.29 bits per heavy atom. The lowest BCUT2D eigenvalue weighted by Crippen LogP contribution is -2.32. The van der Waals surface area contributed by atoms with Crippen LogP contribution in [0.5, 0.6) is 0 Å². The van der Waals surface area contributed by atoms with Crippen LogP contribution in [0.15, 0.2) is 22.9 Å². The molecule has 1 aromatic heterocycles. The van der Waals surface area contributed by atoms with Gasteiger partial charge in [-0.15, -0.1) is 0 Å². The molecule has 3 rings (SSSR count). The van der Waals surface area contributed by atoms with E-state index in [1.54, 1.807) is 0 Å². The zero-order chi connectivity index (χ0) is 11.8. The number of rotatable bonds is 1. The smallest absolute Gasteiger partial charge is 0.0592 e. The Kier molecular flexibility index (Phi) is 3.09. The third kappa shape index (κ3) is 2.20. The van der Waals surface area contributed by atoms with Gasteiger partial charge in [0.15, 0.2) is 0 Å². The molecule has 3 atom stereocenters. The predicted octanol–water partition coefficient (Wildman–Crippen LogP) is 2.41. The summed E-state index contributed by atoms with van der Waals surface area (Å²) in [5, 5.41) is 0. The number of fused-ring (bicyclic) bond motifs is 1. The fourth-order valence-electron chi connectivity index (χ4n) is 3.29. The standard InChI is InChI=1S/C13H18BrN3/c14-12-6-16-4-3-13(12)17-7-9-1-2-11(15)5-10(9)8-17/h3-4,6,9-11H,1-2,5,7-8,15H2/t9-,10+,11?/m1/s1. The summed E-state index contributed by atoms with van der Waals surface area (Å²) in [6.07, 6.45) is 7.44. The number of anilines is 1. The van der Waals surface area contributed by atoms with Crippen molar-refractivity contribution in [1.82, 2.24) is 4.98 Å². The second-order valence-corrected chi connectivity index (χ2v) is 6.18. The van der Waals surface area contributed by atoms with Crippen LogP contribution in [0.1, 0.15) is 19.3 Å². The lowest BCUT2D eigenvalue weighted by atomic mass is 9.79. The topological polar surface area (TPSA) is 42.1 Å². The number of hydrogen-bond acceptors (Lipinski definition) is 3. The van der Waals surface area contributed by atoms with Gasteiger partial charge in [-0.2, -0.15) is 0 Å². The molecule has 2 N–H and O–H groups in total. The van der Waals surface area contributed by atoms with Crippen molar-refractivity contribution in [2.24, 2.45) is 17.6 Å². The molecular weight excluding hydrogens is 278 g/mol. The van der Waals surface area contributed by atoms with Crippen LogP contribution in [0.4, 0.5) is 5.69 Å². The SMILES string of the molecule is NC1CC[C@@H]2CN(c3ccncc3Br)C[C@@H]2C1. The van der Waals surface area contributed by atoms with Crippen LogP contribution in [-0.2, 0) is 0 Å². The van der Waals surface area contributed by atoms with E-state index >= 15 is 0 Å². The van der Waals surface area contributed by atoms with E-state index in [0.717, 1.165) is 22.9 Å². The minimum Gasteiger partial charge on any atom is -0.370 e. The zero-order valence-electron chi connectivity index (χ0n) is 9.85. The Hall–Kier alpha value is -0.610. The molecule has 2 aliphatic rings.